The van der Waals surface area contributed by atoms with Crippen molar-refractivity contribution in [3.8, 4) is 0 Å². The summed E-state index contributed by atoms with van der Waals surface area (Å²) in [5.74, 6) is 0.466. The molecule has 0 radical (unpaired) electrons. The molecule has 0 bridgehead atoms. The zero-order valence-corrected chi connectivity index (χ0v) is 14.0. The summed E-state index contributed by atoms with van der Waals surface area (Å²) in [7, 11) is 0. The summed E-state index contributed by atoms with van der Waals surface area (Å²) in [6, 6.07) is 1.66. The highest BCUT2D eigenvalue weighted by Crippen LogP contribution is 2.27. The van der Waals surface area contributed by atoms with Gasteiger partial charge < -0.3 is 4.90 Å². The van der Waals surface area contributed by atoms with Gasteiger partial charge in [0.25, 0.3) is 5.24 Å². The Hall–Kier alpha value is -1.61. The van der Waals surface area contributed by atoms with Crippen molar-refractivity contribution in [1.82, 2.24) is 19.8 Å². The van der Waals surface area contributed by atoms with Crippen molar-refractivity contribution in [2.24, 2.45) is 0 Å². The van der Waals surface area contributed by atoms with Crippen LogP contribution in [0.3, 0.4) is 0 Å². The minimum Gasteiger partial charge on any atom is -0.342 e. The van der Waals surface area contributed by atoms with Gasteiger partial charge in [-0.3, -0.25) is 19.3 Å². The maximum absolute atomic E-state index is 12.2. The Morgan fingerprint density at radius 1 is 1.26 bits per heavy atom. The smallest absolute Gasteiger partial charge is 0.289 e. The number of imide groups is 1. The molecule has 0 atom stereocenters. The van der Waals surface area contributed by atoms with Crippen LogP contribution in [0.15, 0.2) is 23.6 Å². The molecule has 0 aromatic carbocycles. The van der Waals surface area contributed by atoms with Gasteiger partial charge in [-0.15, -0.1) is 0 Å². The largest absolute Gasteiger partial charge is 0.342 e. The van der Waals surface area contributed by atoms with Crippen LogP contribution in [0.4, 0.5) is 4.79 Å². The van der Waals surface area contributed by atoms with Crippen LogP contribution < -0.4 is 0 Å². The topological polar surface area (TPSA) is 83.5 Å². The van der Waals surface area contributed by atoms with Crippen molar-refractivity contribution in [2.45, 2.75) is 24.0 Å². The van der Waals surface area contributed by atoms with E-state index in [-0.39, 0.29) is 28.8 Å². The highest BCUT2D eigenvalue weighted by Gasteiger charge is 2.37. The van der Waals surface area contributed by atoms with Crippen LogP contribution in [-0.2, 0) is 9.59 Å². The molecule has 2 fully saturated rings. The van der Waals surface area contributed by atoms with Crippen LogP contribution in [-0.4, -0.2) is 67.5 Å². The van der Waals surface area contributed by atoms with E-state index >= 15 is 0 Å². The van der Waals surface area contributed by atoms with Crippen molar-refractivity contribution >= 4 is 40.6 Å². The standard InChI is InChI=1S/C14H16N4O3S2/c19-11(8-22-13-15-4-1-5-16-13)17-6-2-10(3-7-17)18-12(20)9-23-14(18)21/h1,4-5,10H,2-3,6-9H2. The molecule has 3 rings (SSSR count). The van der Waals surface area contributed by atoms with Gasteiger partial charge in [-0.05, 0) is 18.9 Å². The van der Waals surface area contributed by atoms with Crippen LogP contribution in [0.2, 0.25) is 0 Å². The minimum absolute atomic E-state index is 0.0364. The van der Waals surface area contributed by atoms with Crippen LogP contribution in [0.5, 0.6) is 0 Å². The predicted octanol–water partition coefficient (Wildman–Crippen LogP) is 1.26. The highest BCUT2D eigenvalue weighted by atomic mass is 32.2. The van der Waals surface area contributed by atoms with Crippen molar-refractivity contribution in [3.63, 3.8) is 0 Å². The van der Waals surface area contributed by atoms with Crippen LogP contribution in [0.25, 0.3) is 0 Å². The third-order valence-electron chi connectivity index (χ3n) is 3.83. The van der Waals surface area contributed by atoms with Gasteiger partial charge in [-0.2, -0.15) is 0 Å². The fourth-order valence-electron chi connectivity index (χ4n) is 2.67. The first kappa shape index (κ1) is 16.3. The summed E-state index contributed by atoms with van der Waals surface area (Å²) < 4.78 is 0. The van der Waals surface area contributed by atoms with Gasteiger partial charge in [-0.1, -0.05) is 23.5 Å². The fourth-order valence-corrected chi connectivity index (χ4v) is 4.15. The second kappa shape index (κ2) is 7.31. The minimum atomic E-state index is -0.156. The maximum atomic E-state index is 12.2. The lowest BCUT2D eigenvalue weighted by Crippen LogP contribution is -2.48. The Balaban J connectivity index is 1.48. The maximum Gasteiger partial charge on any atom is 0.289 e. The second-order valence-electron chi connectivity index (χ2n) is 5.25. The predicted molar refractivity (Wildman–Crippen MR) is 87.1 cm³/mol. The van der Waals surface area contributed by atoms with E-state index in [1.54, 1.807) is 23.4 Å². The summed E-state index contributed by atoms with van der Waals surface area (Å²) >= 11 is 2.37. The number of rotatable bonds is 4. The van der Waals surface area contributed by atoms with E-state index in [9.17, 15) is 14.4 Å². The molecular formula is C14H16N4O3S2. The summed E-state index contributed by atoms with van der Waals surface area (Å²) in [5, 5.41) is 0.428. The van der Waals surface area contributed by atoms with E-state index < -0.39 is 0 Å². The third-order valence-corrected chi connectivity index (χ3v) is 5.53. The first-order valence-corrected chi connectivity index (χ1v) is 9.28. The summed E-state index contributed by atoms with van der Waals surface area (Å²) in [6.07, 6.45) is 4.59. The van der Waals surface area contributed by atoms with Gasteiger partial charge in [0, 0.05) is 31.5 Å². The molecule has 122 valence electrons. The van der Waals surface area contributed by atoms with Gasteiger partial charge in [0.1, 0.15) is 0 Å². The number of likely N-dealkylation sites (tertiary alicyclic amines) is 1. The van der Waals surface area contributed by atoms with Crippen molar-refractivity contribution < 1.29 is 14.4 Å². The highest BCUT2D eigenvalue weighted by molar-refractivity contribution is 8.14. The first-order valence-electron chi connectivity index (χ1n) is 7.31. The normalized spacial score (nSPS) is 19.5. The molecule has 2 aliphatic heterocycles. The molecule has 0 spiro atoms. The fraction of sp³-hybridized carbons (Fsp3) is 0.500. The van der Waals surface area contributed by atoms with Gasteiger partial charge in [0.05, 0.1) is 11.5 Å². The zero-order valence-electron chi connectivity index (χ0n) is 12.4. The van der Waals surface area contributed by atoms with Crippen molar-refractivity contribution in [2.75, 3.05) is 24.6 Å². The lowest BCUT2D eigenvalue weighted by molar-refractivity contribution is -0.131. The van der Waals surface area contributed by atoms with E-state index in [4.69, 9.17) is 0 Å². The van der Waals surface area contributed by atoms with Gasteiger partial charge in [0.15, 0.2) is 5.16 Å². The number of carbonyl (C=O) groups is 3. The third kappa shape index (κ3) is 3.84. The molecule has 23 heavy (non-hydrogen) atoms. The monoisotopic (exact) mass is 352 g/mol. The van der Waals surface area contributed by atoms with Gasteiger partial charge in [-0.25, -0.2) is 9.97 Å². The molecule has 3 amide bonds. The number of amides is 3. The Morgan fingerprint density at radius 2 is 1.96 bits per heavy atom. The average molecular weight is 352 g/mol. The second-order valence-corrected chi connectivity index (χ2v) is 7.12. The number of nitrogens with zero attached hydrogens (tertiary/aromatic N) is 4. The molecule has 0 saturated carbocycles. The number of thioether (sulfide) groups is 2. The number of carbonyl (C=O) groups excluding carboxylic acids is 3. The van der Waals surface area contributed by atoms with E-state index in [0.29, 0.717) is 36.8 Å². The van der Waals surface area contributed by atoms with E-state index in [1.807, 2.05) is 0 Å². The SMILES string of the molecule is O=C(CSc1ncccn1)N1CCC(N2C(=O)CSC2=O)CC1. The molecule has 0 unspecified atom stereocenters. The summed E-state index contributed by atoms with van der Waals surface area (Å²) in [4.78, 5) is 47.0. The van der Waals surface area contributed by atoms with E-state index in [0.717, 1.165) is 11.8 Å². The molecular weight excluding hydrogens is 336 g/mol. The number of hydrogen-bond acceptors (Lipinski definition) is 7. The van der Waals surface area contributed by atoms with Crippen molar-refractivity contribution in [3.05, 3.63) is 18.5 Å². The van der Waals surface area contributed by atoms with Crippen molar-refractivity contribution in [1.29, 1.82) is 0 Å². The first-order chi connectivity index (χ1) is 11.1. The molecule has 9 heteroatoms. The van der Waals surface area contributed by atoms with E-state index in [2.05, 4.69) is 9.97 Å². The quantitative estimate of drug-likeness (QED) is 0.596. The Bertz CT molecular complexity index is 589. The van der Waals surface area contributed by atoms with Crippen LogP contribution >= 0.6 is 23.5 Å². The molecule has 0 N–H and O–H groups in total. The molecule has 1 aromatic rings. The molecule has 0 aliphatic carbocycles. The summed E-state index contributed by atoms with van der Waals surface area (Å²) in [6.45, 7) is 1.14. The molecule has 1 aromatic heterocycles. The lowest BCUT2D eigenvalue weighted by atomic mass is 10.0. The zero-order chi connectivity index (χ0) is 16.2. The van der Waals surface area contributed by atoms with Crippen LogP contribution in [0.1, 0.15) is 12.8 Å². The number of aromatic nitrogens is 2. The van der Waals surface area contributed by atoms with E-state index in [1.165, 1.54) is 16.7 Å². The van der Waals surface area contributed by atoms with Crippen LogP contribution in [0, 0.1) is 0 Å². The average Bonchev–Trinajstić information content (AvgIpc) is 2.92. The molecule has 3 heterocycles. The Morgan fingerprint density at radius 3 is 2.57 bits per heavy atom. The Kier molecular flexibility index (Phi) is 5.16. The number of piperidine rings is 1. The molecule has 7 nitrogen and oxygen atoms in total. The lowest BCUT2D eigenvalue weighted by Gasteiger charge is -2.35. The molecule has 2 aliphatic rings. The van der Waals surface area contributed by atoms with Gasteiger partial charge in [0.2, 0.25) is 11.8 Å². The Labute approximate surface area is 142 Å². The molecule has 2 saturated heterocycles. The van der Waals surface area contributed by atoms with Gasteiger partial charge >= 0.3 is 0 Å². The number of hydrogen-bond donors (Lipinski definition) is 0. The summed E-state index contributed by atoms with van der Waals surface area (Å²) in [5.41, 5.74) is 0.